The number of hydrogen-bond acceptors (Lipinski definition) is 4. The van der Waals surface area contributed by atoms with E-state index >= 15 is 0 Å². The van der Waals surface area contributed by atoms with E-state index in [2.05, 4.69) is 29.0 Å². The zero-order valence-corrected chi connectivity index (χ0v) is 13.5. The van der Waals surface area contributed by atoms with Gasteiger partial charge in [0, 0.05) is 45.4 Å². The van der Waals surface area contributed by atoms with Gasteiger partial charge < -0.3 is 10.1 Å². The van der Waals surface area contributed by atoms with Gasteiger partial charge in [0.25, 0.3) is 0 Å². The molecule has 1 heterocycles. The fraction of sp³-hybridized carbons (Fsp3) is 0.933. The molecule has 1 rings (SSSR count). The number of amides is 1. The molecule has 0 spiro atoms. The molecular weight excluding hydrogens is 254 g/mol. The van der Waals surface area contributed by atoms with Crippen molar-refractivity contribution in [2.75, 3.05) is 45.9 Å². The second-order valence-corrected chi connectivity index (χ2v) is 6.03. The summed E-state index contributed by atoms with van der Waals surface area (Å²) in [5.74, 6) is 0.132. The van der Waals surface area contributed by atoms with E-state index in [0.29, 0.717) is 25.7 Å². The molecular formula is C15H31N3O2. The van der Waals surface area contributed by atoms with Crippen molar-refractivity contribution in [1.82, 2.24) is 15.1 Å². The number of hydrogen-bond donors (Lipinski definition) is 1. The maximum atomic E-state index is 11.8. The third kappa shape index (κ3) is 7.22. The number of rotatable bonds is 8. The molecule has 0 unspecified atom stereocenters. The second-order valence-electron chi connectivity index (χ2n) is 6.03. The van der Waals surface area contributed by atoms with E-state index in [4.69, 9.17) is 4.74 Å². The molecule has 1 N–H and O–H groups in total. The highest BCUT2D eigenvalue weighted by Crippen LogP contribution is 2.05. The minimum Gasteiger partial charge on any atom is -0.379 e. The Morgan fingerprint density at radius 1 is 1.15 bits per heavy atom. The molecule has 20 heavy (non-hydrogen) atoms. The van der Waals surface area contributed by atoms with E-state index in [9.17, 15) is 4.79 Å². The van der Waals surface area contributed by atoms with Crippen LogP contribution < -0.4 is 5.32 Å². The summed E-state index contributed by atoms with van der Waals surface area (Å²) >= 11 is 0. The molecule has 0 aromatic rings. The predicted octanol–water partition coefficient (Wildman–Crippen LogP) is 0.944. The van der Waals surface area contributed by atoms with Crippen molar-refractivity contribution in [3.63, 3.8) is 0 Å². The summed E-state index contributed by atoms with van der Waals surface area (Å²) in [7, 11) is 0. The van der Waals surface area contributed by atoms with Crippen molar-refractivity contribution in [1.29, 1.82) is 0 Å². The van der Waals surface area contributed by atoms with Gasteiger partial charge >= 0.3 is 0 Å². The van der Waals surface area contributed by atoms with Crippen molar-refractivity contribution in [2.45, 2.75) is 46.3 Å². The Labute approximate surface area is 123 Å². The second kappa shape index (κ2) is 9.32. The first-order chi connectivity index (χ1) is 9.49. The van der Waals surface area contributed by atoms with Gasteiger partial charge in [0.1, 0.15) is 0 Å². The summed E-state index contributed by atoms with van der Waals surface area (Å²) in [6, 6.07) is 0.604. The topological polar surface area (TPSA) is 44.8 Å². The van der Waals surface area contributed by atoms with Crippen LogP contribution in [-0.2, 0) is 9.53 Å². The van der Waals surface area contributed by atoms with Crippen LogP contribution in [0.15, 0.2) is 0 Å². The zero-order chi connectivity index (χ0) is 15.0. The van der Waals surface area contributed by atoms with Crippen molar-refractivity contribution in [3.8, 4) is 0 Å². The first-order valence-electron chi connectivity index (χ1n) is 7.83. The van der Waals surface area contributed by atoms with E-state index < -0.39 is 0 Å². The lowest BCUT2D eigenvalue weighted by Crippen LogP contribution is -2.51. The molecule has 0 aromatic heterocycles. The fourth-order valence-electron chi connectivity index (χ4n) is 2.32. The monoisotopic (exact) mass is 285 g/mol. The van der Waals surface area contributed by atoms with E-state index in [1.807, 2.05) is 13.8 Å². The molecule has 1 fully saturated rings. The maximum Gasteiger partial charge on any atom is 0.234 e. The maximum absolute atomic E-state index is 11.8. The molecule has 1 aliphatic rings. The van der Waals surface area contributed by atoms with Crippen LogP contribution in [0.2, 0.25) is 0 Å². The van der Waals surface area contributed by atoms with Gasteiger partial charge in [-0.15, -0.1) is 0 Å². The van der Waals surface area contributed by atoms with Crippen molar-refractivity contribution in [3.05, 3.63) is 0 Å². The van der Waals surface area contributed by atoms with Gasteiger partial charge in [-0.3, -0.25) is 14.6 Å². The molecule has 5 heteroatoms. The van der Waals surface area contributed by atoms with Crippen LogP contribution in [-0.4, -0.2) is 73.7 Å². The summed E-state index contributed by atoms with van der Waals surface area (Å²) in [6.45, 7) is 14.5. The van der Waals surface area contributed by atoms with Crippen LogP contribution >= 0.6 is 0 Å². The number of ether oxygens (including phenoxy) is 1. The van der Waals surface area contributed by atoms with Crippen LogP contribution in [0.5, 0.6) is 0 Å². The van der Waals surface area contributed by atoms with E-state index in [1.165, 1.54) is 0 Å². The van der Waals surface area contributed by atoms with Crippen LogP contribution in [0, 0.1) is 0 Å². The van der Waals surface area contributed by atoms with Gasteiger partial charge in [0.15, 0.2) is 0 Å². The normalized spacial score (nSPS) is 17.9. The molecule has 0 saturated carbocycles. The summed E-state index contributed by atoms with van der Waals surface area (Å²) in [5.41, 5.74) is 0. The lowest BCUT2D eigenvalue weighted by atomic mass is 10.2. The van der Waals surface area contributed by atoms with Gasteiger partial charge in [-0.25, -0.2) is 0 Å². The highest BCUT2D eigenvalue weighted by atomic mass is 16.5. The highest BCUT2D eigenvalue weighted by molar-refractivity contribution is 5.77. The number of nitrogens with one attached hydrogen (secondary N) is 1. The molecule has 5 nitrogen and oxygen atoms in total. The Balaban J connectivity index is 2.05. The first-order valence-corrected chi connectivity index (χ1v) is 7.83. The highest BCUT2D eigenvalue weighted by Gasteiger charge is 2.20. The standard InChI is InChI=1S/C15H31N3O2/c1-13(2)18-9-7-17(8-10-18)12-15(19)16-6-5-11-20-14(3)4/h13-14H,5-12H2,1-4H3,(H,16,19). The van der Waals surface area contributed by atoms with E-state index in [1.54, 1.807) is 0 Å². The van der Waals surface area contributed by atoms with Gasteiger partial charge in [-0.1, -0.05) is 0 Å². The average molecular weight is 285 g/mol. The Hall–Kier alpha value is -0.650. The van der Waals surface area contributed by atoms with E-state index in [0.717, 1.165) is 32.6 Å². The minimum atomic E-state index is 0.132. The number of nitrogens with zero attached hydrogens (tertiary/aromatic N) is 2. The van der Waals surface area contributed by atoms with Crippen LogP contribution in [0.25, 0.3) is 0 Å². The summed E-state index contributed by atoms with van der Waals surface area (Å²) < 4.78 is 5.44. The molecule has 0 radical (unpaired) electrons. The molecule has 1 aliphatic heterocycles. The Bertz CT molecular complexity index is 274. The SMILES string of the molecule is CC(C)OCCCNC(=O)CN1CCN(C(C)C)CC1. The Morgan fingerprint density at radius 3 is 2.35 bits per heavy atom. The summed E-state index contributed by atoms with van der Waals surface area (Å²) in [5, 5.41) is 2.96. The lowest BCUT2D eigenvalue weighted by molar-refractivity contribution is -0.122. The number of piperazine rings is 1. The molecule has 0 aromatic carbocycles. The van der Waals surface area contributed by atoms with Crippen molar-refractivity contribution < 1.29 is 9.53 Å². The van der Waals surface area contributed by atoms with Gasteiger partial charge in [-0.2, -0.15) is 0 Å². The average Bonchev–Trinajstić information content (AvgIpc) is 2.38. The lowest BCUT2D eigenvalue weighted by Gasteiger charge is -2.36. The summed E-state index contributed by atoms with van der Waals surface area (Å²) in [6.07, 6.45) is 1.15. The quantitative estimate of drug-likeness (QED) is 0.674. The molecule has 0 atom stereocenters. The van der Waals surface area contributed by atoms with Crippen LogP contribution in [0.3, 0.4) is 0 Å². The van der Waals surface area contributed by atoms with Gasteiger partial charge in [-0.05, 0) is 34.1 Å². The molecule has 0 bridgehead atoms. The smallest absolute Gasteiger partial charge is 0.234 e. The first kappa shape index (κ1) is 17.4. The molecule has 1 amide bonds. The minimum absolute atomic E-state index is 0.132. The third-order valence-corrected chi connectivity index (χ3v) is 3.60. The van der Waals surface area contributed by atoms with Gasteiger partial charge in [0.2, 0.25) is 5.91 Å². The largest absolute Gasteiger partial charge is 0.379 e. The zero-order valence-electron chi connectivity index (χ0n) is 13.5. The summed E-state index contributed by atoms with van der Waals surface area (Å²) in [4.78, 5) is 16.5. The van der Waals surface area contributed by atoms with Gasteiger partial charge in [0.05, 0.1) is 12.6 Å². The molecule has 118 valence electrons. The van der Waals surface area contributed by atoms with Crippen LogP contribution in [0.1, 0.15) is 34.1 Å². The van der Waals surface area contributed by atoms with Crippen molar-refractivity contribution >= 4 is 5.91 Å². The van der Waals surface area contributed by atoms with E-state index in [-0.39, 0.29) is 12.0 Å². The predicted molar refractivity (Wildman–Crippen MR) is 81.9 cm³/mol. The van der Waals surface area contributed by atoms with Crippen LogP contribution in [0.4, 0.5) is 0 Å². The number of carbonyl (C=O) groups excluding carboxylic acids is 1. The number of carbonyl (C=O) groups is 1. The third-order valence-electron chi connectivity index (χ3n) is 3.60. The molecule has 1 saturated heterocycles. The Morgan fingerprint density at radius 2 is 1.80 bits per heavy atom. The fourth-order valence-corrected chi connectivity index (χ4v) is 2.32. The van der Waals surface area contributed by atoms with Crippen molar-refractivity contribution in [2.24, 2.45) is 0 Å². The molecule has 0 aliphatic carbocycles. The Kier molecular flexibility index (Phi) is 8.11.